The second-order valence-corrected chi connectivity index (χ2v) is 15.0. The zero-order chi connectivity index (χ0) is 47.9. The number of fused-ring (bicyclic) bond motifs is 3. The first kappa shape index (κ1) is 54.4. The summed E-state index contributed by atoms with van der Waals surface area (Å²) in [6, 6.07) is 0. The summed E-state index contributed by atoms with van der Waals surface area (Å²) in [6.07, 6.45) is 0.545. The summed E-state index contributed by atoms with van der Waals surface area (Å²) in [5.74, 6) is 2.88. The normalized spacial score (nSPS) is 12.4. The van der Waals surface area contributed by atoms with Crippen molar-refractivity contribution in [1.82, 2.24) is 21.0 Å². The Bertz CT molecular complexity index is 2390. The van der Waals surface area contributed by atoms with E-state index in [9.17, 15) is 29.1 Å². The molecule has 0 saturated heterocycles. The molecule has 2 aliphatic heterocycles. The lowest BCUT2D eigenvalue weighted by Crippen LogP contribution is -2.43. The molecule has 0 radical (unpaired) electrons. The van der Waals surface area contributed by atoms with Crippen LogP contribution in [0, 0.1) is 83.1 Å². The maximum Gasteiger partial charge on any atom is 0.299 e. The molecule has 15 nitrogen and oxygen atoms in total. The van der Waals surface area contributed by atoms with Gasteiger partial charge in [0.05, 0.1) is 18.5 Å². The molecule has 340 valence electrons. The summed E-state index contributed by atoms with van der Waals surface area (Å²) in [5.41, 5.74) is 23.2. The third kappa shape index (κ3) is 12.3. The molecule has 6 rings (SSSR count). The number of aromatic amines is 1. The molecule has 4 aromatic rings. The topological polar surface area (TPSA) is 254 Å². The minimum Gasteiger partial charge on any atom is -0.494 e. The van der Waals surface area contributed by atoms with Gasteiger partial charge in [0.15, 0.2) is 11.6 Å². The van der Waals surface area contributed by atoms with Gasteiger partial charge < -0.3 is 21.3 Å². The van der Waals surface area contributed by atoms with Gasteiger partial charge in [-0.1, -0.05) is 13.8 Å². The smallest absolute Gasteiger partial charge is 0.299 e. The Morgan fingerprint density at radius 3 is 1.52 bits per heavy atom. The van der Waals surface area contributed by atoms with Gasteiger partial charge in [-0.25, -0.2) is 0 Å². The van der Waals surface area contributed by atoms with E-state index >= 15 is 0 Å². The molecule has 0 spiro atoms. The van der Waals surface area contributed by atoms with Gasteiger partial charge in [-0.05, 0) is 181 Å². The van der Waals surface area contributed by atoms with Crippen LogP contribution < -0.4 is 33.2 Å². The molecule has 62 heavy (non-hydrogen) atoms. The number of benzene rings is 3. The summed E-state index contributed by atoms with van der Waals surface area (Å²) >= 11 is 0. The number of pyridine rings is 1. The minimum absolute atomic E-state index is 0.107. The van der Waals surface area contributed by atoms with Gasteiger partial charge in [-0.15, -0.1) is 5.11 Å². The van der Waals surface area contributed by atoms with Crippen LogP contribution in [0.25, 0.3) is 10.8 Å². The average Bonchev–Trinajstić information content (AvgIpc) is 3.23. The van der Waals surface area contributed by atoms with Gasteiger partial charge in [-0.2, -0.15) is 5.11 Å². The van der Waals surface area contributed by atoms with Crippen molar-refractivity contribution in [2.45, 2.75) is 124 Å². The number of carbonyl (C=O) groups excluding carboxylic acids is 4. The number of ketones is 1. The summed E-state index contributed by atoms with van der Waals surface area (Å²) in [7, 11) is 0. The summed E-state index contributed by atoms with van der Waals surface area (Å²) in [5, 5.41) is 31.9. The van der Waals surface area contributed by atoms with Crippen molar-refractivity contribution in [2.75, 3.05) is 26.2 Å². The zero-order valence-electron chi connectivity index (χ0n) is 39.7. The van der Waals surface area contributed by atoms with Crippen molar-refractivity contribution in [1.29, 1.82) is 0 Å². The number of aromatic nitrogens is 1. The van der Waals surface area contributed by atoms with Crippen LogP contribution in [0.3, 0.4) is 0 Å². The van der Waals surface area contributed by atoms with E-state index in [1.54, 1.807) is 20.8 Å². The highest BCUT2D eigenvalue weighted by molar-refractivity contribution is 6.49. The Balaban J connectivity index is 0.000000422. The largest absolute Gasteiger partial charge is 0.494 e. The van der Waals surface area contributed by atoms with E-state index in [1.165, 1.54) is 33.4 Å². The molecular weight excluding hydrogens is 789 g/mol. The van der Waals surface area contributed by atoms with E-state index in [0.717, 1.165) is 57.6 Å². The molecule has 0 unspecified atom stereocenters. The minimum atomic E-state index is -0.840. The predicted octanol–water partition coefficient (Wildman–Crippen LogP) is 6.47. The molecule has 1 aromatic heterocycles. The number of nitrogens with one attached hydrogen (secondary N) is 4. The molecule has 0 aliphatic carbocycles. The molecule has 3 heterocycles. The molecular formula is C47H70N8O7. The molecule has 0 bridgehead atoms. The first-order chi connectivity index (χ1) is 29.0. The average molecular weight is 859 g/mol. The van der Waals surface area contributed by atoms with Crippen molar-refractivity contribution >= 4 is 40.0 Å². The highest BCUT2D eigenvalue weighted by Gasteiger charge is 2.34. The Morgan fingerprint density at radius 1 is 0.629 bits per heavy atom. The third-order valence-electron chi connectivity index (χ3n) is 11.5. The second-order valence-electron chi connectivity index (χ2n) is 15.0. The van der Waals surface area contributed by atoms with Gasteiger partial charge in [0.25, 0.3) is 23.2 Å². The fourth-order valence-electron chi connectivity index (χ4n) is 7.06. The lowest BCUT2D eigenvalue weighted by atomic mass is 9.85. The third-order valence-corrected chi connectivity index (χ3v) is 11.5. The van der Waals surface area contributed by atoms with Crippen LogP contribution in [-0.2, 0) is 22.6 Å². The van der Waals surface area contributed by atoms with Gasteiger partial charge in [0.1, 0.15) is 0 Å². The standard InChI is InChI=1S/C15H19N3O2.C13H13NO3.C13H17NO.C2H8N2.C2H7N.C2H6O/c1-6-16-18-13-11-9(4)7(2)8(3)10(5)12(11)14(19)17-15(13)20;1-5-6(2)8(4)10-9(7(5)3)11(15)13(17)14-12(10)16;1-7-8(2)10(4)12-6-14-13(15)5-11(12)9(7)3;1-2-4-3;2*1-2-3/h6H2,1-5H3,(H2,17,19,20);1-4H3,(H,14,16,17);5-6H2,1-4H3,(H,14,15);4H,2-3H2,1H3;2-3H2,1H3;3H,2H2,1H3. The Morgan fingerprint density at radius 2 is 1.05 bits per heavy atom. The molecule has 3 amide bonds. The first-order valence-corrected chi connectivity index (χ1v) is 20.8. The second kappa shape index (κ2) is 24.7. The van der Waals surface area contributed by atoms with E-state index in [-0.39, 0.29) is 29.6 Å². The van der Waals surface area contributed by atoms with Crippen LogP contribution in [0.5, 0.6) is 5.88 Å². The summed E-state index contributed by atoms with van der Waals surface area (Å²) < 4.78 is 0. The molecule has 10 N–H and O–H groups in total. The molecule has 15 heteroatoms. The van der Waals surface area contributed by atoms with Gasteiger partial charge in [0.2, 0.25) is 5.91 Å². The lowest BCUT2D eigenvalue weighted by Gasteiger charge is -2.24. The van der Waals surface area contributed by atoms with E-state index in [4.69, 9.17) is 16.7 Å². The highest BCUT2D eigenvalue weighted by Crippen LogP contribution is 2.37. The maximum absolute atomic E-state index is 12.1. The number of aryl methyl sites for hydroxylation is 2. The SMILES string of the molecule is CCN.CCN=Nc1c(=O)[nH]c(O)c2c(C)c(C)c(C)c(C)c12.CCNN.CCO.Cc1c(C)c(C)c2c(c1C)C(=O)NC(=O)C2=O.Cc1c(C)c(C)c2c(c1C)CNC(=O)C2. The molecule has 3 aromatic carbocycles. The lowest BCUT2D eigenvalue weighted by molar-refractivity contribution is -0.121. The number of hydrogen-bond donors (Lipinski definition) is 8. The Kier molecular flexibility index (Phi) is 21.7. The number of H-pyrrole nitrogens is 1. The van der Waals surface area contributed by atoms with E-state index in [1.807, 2.05) is 62.3 Å². The first-order valence-electron chi connectivity index (χ1n) is 20.8. The number of hydrogen-bond acceptors (Lipinski definition) is 12. The number of aromatic hydroxyl groups is 1. The molecule has 0 saturated carbocycles. The number of amides is 3. The number of nitrogens with zero attached hydrogens (tertiary/aromatic N) is 2. The van der Waals surface area contributed by atoms with Crippen LogP contribution in [0.4, 0.5) is 5.69 Å². The predicted molar refractivity (Wildman–Crippen MR) is 249 cm³/mol. The number of azo groups is 1. The number of hydrazine groups is 1. The molecule has 0 fully saturated rings. The van der Waals surface area contributed by atoms with Gasteiger partial charge in [0, 0.05) is 36.0 Å². The van der Waals surface area contributed by atoms with Crippen LogP contribution >= 0.6 is 0 Å². The van der Waals surface area contributed by atoms with Crippen molar-refractivity contribution in [2.24, 2.45) is 21.8 Å². The van der Waals surface area contributed by atoms with Gasteiger partial charge in [-0.3, -0.25) is 45.5 Å². The molecule has 0 atom stereocenters. The van der Waals surface area contributed by atoms with Crippen molar-refractivity contribution in [3.63, 3.8) is 0 Å². The van der Waals surface area contributed by atoms with Crippen molar-refractivity contribution in [3.8, 4) is 5.88 Å². The van der Waals surface area contributed by atoms with Crippen LogP contribution in [0.2, 0.25) is 0 Å². The number of aliphatic hydroxyl groups excluding tert-OH is 1. The highest BCUT2D eigenvalue weighted by atomic mass is 16.3. The fraction of sp³-hybridized carbons (Fsp3) is 0.468. The number of nitrogens with two attached hydrogens (primary N) is 2. The number of imide groups is 1. The van der Waals surface area contributed by atoms with Crippen LogP contribution in [0.1, 0.15) is 126 Å². The van der Waals surface area contributed by atoms with E-state index in [2.05, 4.69) is 59.0 Å². The van der Waals surface area contributed by atoms with Crippen molar-refractivity contribution in [3.05, 3.63) is 99.4 Å². The number of Topliss-reactive ketones (excluding diaryl/α,β-unsaturated/α-hetero) is 1. The van der Waals surface area contributed by atoms with Gasteiger partial charge >= 0.3 is 0 Å². The fourth-order valence-corrected chi connectivity index (χ4v) is 7.06. The number of aliphatic hydroxyl groups is 1. The Labute approximate surface area is 366 Å². The summed E-state index contributed by atoms with van der Waals surface area (Å²) in [4.78, 5) is 60.9. The van der Waals surface area contributed by atoms with E-state index in [0.29, 0.717) is 35.8 Å². The van der Waals surface area contributed by atoms with E-state index < -0.39 is 23.2 Å². The zero-order valence-corrected chi connectivity index (χ0v) is 39.7. The number of rotatable bonds is 3. The maximum atomic E-state index is 12.1. The van der Waals surface area contributed by atoms with Crippen LogP contribution in [0.15, 0.2) is 15.0 Å². The number of carbonyl (C=O) groups is 4. The van der Waals surface area contributed by atoms with Crippen LogP contribution in [-0.4, -0.2) is 64.9 Å². The monoisotopic (exact) mass is 859 g/mol. The molecule has 2 aliphatic rings. The Hall–Kier alpha value is -5.61. The summed E-state index contributed by atoms with van der Waals surface area (Å²) in [6.45, 7) is 34.3. The van der Waals surface area contributed by atoms with Crippen molar-refractivity contribution < 1.29 is 29.4 Å². The quantitative estimate of drug-likeness (QED) is 0.0366.